The van der Waals surface area contributed by atoms with E-state index in [-0.39, 0.29) is 27.9 Å². The molecule has 0 aliphatic heterocycles. The number of amides is 1. The molecule has 1 aromatic carbocycles. The molecule has 88 valence electrons. The van der Waals surface area contributed by atoms with E-state index >= 15 is 0 Å². The van der Waals surface area contributed by atoms with Crippen molar-refractivity contribution in [1.82, 2.24) is 5.32 Å². The van der Waals surface area contributed by atoms with Gasteiger partial charge in [-0.2, -0.15) is 0 Å². The lowest BCUT2D eigenvalue weighted by molar-refractivity contribution is 0.0924. The summed E-state index contributed by atoms with van der Waals surface area (Å²) < 4.78 is 0. The van der Waals surface area contributed by atoms with Gasteiger partial charge in [0.25, 0.3) is 5.91 Å². The van der Waals surface area contributed by atoms with Crippen molar-refractivity contribution in [2.45, 2.75) is 13.0 Å². The minimum Gasteiger partial charge on any atom is -0.505 e. The van der Waals surface area contributed by atoms with Gasteiger partial charge in [0.2, 0.25) is 0 Å². The lowest BCUT2D eigenvalue weighted by Crippen LogP contribution is -2.30. The van der Waals surface area contributed by atoms with E-state index in [4.69, 9.17) is 28.3 Å². The van der Waals surface area contributed by atoms with Gasteiger partial charge in [-0.15, -0.1) is 0 Å². The molecule has 6 heteroatoms. The molecule has 0 aliphatic rings. The third-order valence-corrected chi connectivity index (χ3v) is 2.41. The van der Waals surface area contributed by atoms with Gasteiger partial charge in [-0.1, -0.05) is 23.2 Å². The maximum Gasteiger partial charge on any atom is 0.251 e. The number of phenols is 1. The smallest absolute Gasteiger partial charge is 0.251 e. The number of halogens is 2. The second kappa shape index (κ2) is 5.39. The van der Waals surface area contributed by atoms with Gasteiger partial charge < -0.3 is 15.5 Å². The molecule has 0 saturated carbocycles. The molecule has 1 unspecified atom stereocenters. The monoisotopic (exact) mass is 263 g/mol. The number of aliphatic hydroxyl groups excluding tert-OH is 1. The zero-order chi connectivity index (χ0) is 12.3. The summed E-state index contributed by atoms with van der Waals surface area (Å²) >= 11 is 11.3. The zero-order valence-electron chi connectivity index (χ0n) is 8.50. The van der Waals surface area contributed by atoms with Crippen molar-refractivity contribution < 1.29 is 15.0 Å². The van der Waals surface area contributed by atoms with Crippen LogP contribution in [-0.2, 0) is 0 Å². The van der Waals surface area contributed by atoms with Crippen LogP contribution in [0.15, 0.2) is 12.1 Å². The van der Waals surface area contributed by atoms with E-state index in [2.05, 4.69) is 5.32 Å². The lowest BCUT2D eigenvalue weighted by Gasteiger charge is -2.08. The van der Waals surface area contributed by atoms with Gasteiger partial charge in [0.15, 0.2) is 5.75 Å². The number of nitrogens with one attached hydrogen (secondary N) is 1. The molecule has 0 spiro atoms. The highest BCUT2D eigenvalue weighted by Crippen LogP contribution is 2.32. The molecule has 1 aromatic rings. The second-order valence-corrected chi connectivity index (χ2v) is 4.16. The lowest BCUT2D eigenvalue weighted by atomic mass is 10.2. The molecule has 0 fully saturated rings. The zero-order valence-corrected chi connectivity index (χ0v) is 10.0. The summed E-state index contributed by atoms with van der Waals surface area (Å²) in [6.07, 6.45) is -0.632. The Morgan fingerprint density at radius 1 is 1.44 bits per heavy atom. The summed E-state index contributed by atoms with van der Waals surface area (Å²) in [6, 6.07) is 2.61. The van der Waals surface area contributed by atoms with Crippen LogP contribution in [-0.4, -0.2) is 28.8 Å². The van der Waals surface area contributed by atoms with E-state index in [9.17, 15) is 9.90 Å². The Hall–Kier alpha value is -0.970. The maximum absolute atomic E-state index is 11.5. The van der Waals surface area contributed by atoms with Crippen LogP contribution in [0.2, 0.25) is 10.0 Å². The maximum atomic E-state index is 11.5. The Labute approximate surface area is 103 Å². The molecule has 0 radical (unpaired) electrons. The Bertz CT molecular complexity index is 384. The van der Waals surface area contributed by atoms with Crippen LogP contribution in [0.25, 0.3) is 0 Å². The van der Waals surface area contributed by atoms with Gasteiger partial charge in [0.1, 0.15) is 0 Å². The first-order valence-corrected chi connectivity index (χ1v) is 5.31. The second-order valence-electron chi connectivity index (χ2n) is 3.35. The molecule has 3 N–H and O–H groups in total. The third kappa shape index (κ3) is 3.27. The first kappa shape index (κ1) is 13.1. The van der Waals surface area contributed by atoms with E-state index < -0.39 is 12.0 Å². The fourth-order valence-electron chi connectivity index (χ4n) is 1.04. The van der Waals surface area contributed by atoms with Crippen LogP contribution in [0, 0.1) is 0 Å². The summed E-state index contributed by atoms with van der Waals surface area (Å²) in [4.78, 5) is 11.5. The largest absolute Gasteiger partial charge is 0.505 e. The molecule has 4 nitrogen and oxygen atoms in total. The molecule has 0 heterocycles. The van der Waals surface area contributed by atoms with Crippen molar-refractivity contribution in [2.24, 2.45) is 0 Å². The number of aliphatic hydroxyl groups is 1. The summed E-state index contributed by atoms with van der Waals surface area (Å²) in [5.74, 6) is -0.667. The number of hydrogen-bond donors (Lipinski definition) is 3. The van der Waals surface area contributed by atoms with Crippen molar-refractivity contribution in [3.8, 4) is 5.75 Å². The number of hydrogen-bond acceptors (Lipinski definition) is 3. The Morgan fingerprint density at radius 3 is 2.38 bits per heavy atom. The highest BCUT2D eigenvalue weighted by atomic mass is 35.5. The van der Waals surface area contributed by atoms with Crippen molar-refractivity contribution in [2.75, 3.05) is 6.54 Å². The van der Waals surface area contributed by atoms with Crippen LogP contribution < -0.4 is 5.32 Å². The number of carbonyl (C=O) groups is 1. The van der Waals surface area contributed by atoms with Crippen molar-refractivity contribution in [3.05, 3.63) is 27.7 Å². The Morgan fingerprint density at radius 2 is 1.94 bits per heavy atom. The molecule has 0 saturated heterocycles. The SMILES string of the molecule is CC(O)CNC(=O)c1cc(Cl)c(O)c(Cl)c1. The summed E-state index contributed by atoms with van der Waals surface area (Å²) in [5, 5.41) is 20.8. The molecule has 16 heavy (non-hydrogen) atoms. The summed E-state index contributed by atoms with van der Waals surface area (Å²) in [5.41, 5.74) is 0.230. The number of phenolic OH excluding ortho intramolecular Hbond substituents is 1. The fourth-order valence-corrected chi connectivity index (χ4v) is 1.53. The first-order valence-electron chi connectivity index (χ1n) is 4.56. The molecular weight excluding hydrogens is 253 g/mol. The molecule has 0 aliphatic carbocycles. The van der Waals surface area contributed by atoms with E-state index in [1.165, 1.54) is 12.1 Å². The quantitative estimate of drug-likeness (QED) is 0.779. The predicted molar refractivity (Wildman–Crippen MR) is 62.1 cm³/mol. The average molecular weight is 264 g/mol. The fraction of sp³-hybridized carbons (Fsp3) is 0.300. The summed E-state index contributed by atoms with van der Waals surface area (Å²) in [7, 11) is 0. The number of aromatic hydroxyl groups is 1. The molecule has 1 atom stereocenters. The Kier molecular flexibility index (Phi) is 4.41. The molecular formula is C10H11Cl2NO3. The molecule has 0 aromatic heterocycles. The highest BCUT2D eigenvalue weighted by molar-refractivity contribution is 6.37. The van der Waals surface area contributed by atoms with Gasteiger partial charge in [-0.05, 0) is 19.1 Å². The average Bonchev–Trinajstić information content (AvgIpc) is 2.21. The number of carbonyl (C=O) groups excluding carboxylic acids is 1. The standard InChI is InChI=1S/C10H11Cl2NO3/c1-5(14)4-13-10(16)6-2-7(11)9(15)8(12)3-6/h2-3,5,14-15H,4H2,1H3,(H,13,16). The van der Waals surface area contributed by atoms with Crippen molar-refractivity contribution in [3.63, 3.8) is 0 Å². The Balaban J connectivity index is 2.84. The predicted octanol–water partition coefficient (Wildman–Crippen LogP) is 1.81. The van der Waals surface area contributed by atoms with Crippen LogP contribution >= 0.6 is 23.2 Å². The normalized spacial score (nSPS) is 12.2. The van der Waals surface area contributed by atoms with Gasteiger partial charge in [-0.25, -0.2) is 0 Å². The first-order chi connectivity index (χ1) is 7.41. The van der Waals surface area contributed by atoms with Gasteiger partial charge in [-0.3, -0.25) is 4.79 Å². The molecule has 1 rings (SSSR count). The third-order valence-electron chi connectivity index (χ3n) is 1.84. The van der Waals surface area contributed by atoms with Gasteiger partial charge >= 0.3 is 0 Å². The summed E-state index contributed by atoms with van der Waals surface area (Å²) in [6.45, 7) is 1.69. The topological polar surface area (TPSA) is 69.6 Å². The number of benzene rings is 1. The van der Waals surface area contributed by atoms with Gasteiger partial charge in [0, 0.05) is 12.1 Å². The number of rotatable bonds is 3. The van der Waals surface area contributed by atoms with E-state index in [1.807, 2.05) is 0 Å². The van der Waals surface area contributed by atoms with Crippen LogP contribution in [0.3, 0.4) is 0 Å². The van der Waals surface area contributed by atoms with Gasteiger partial charge in [0.05, 0.1) is 16.1 Å². The van der Waals surface area contributed by atoms with E-state index in [1.54, 1.807) is 6.92 Å². The van der Waals surface area contributed by atoms with Crippen LogP contribution in [0.4, 0.5) is 0 Å². The molecule has 0 bridgehead atoms. The minimum atomic E-state index is -0.632. The van der Waals surface area contributed by atoms with Crippen molar-refractivity contribution in [1.29, 1.82) is 0 Å². The highest BCUT2D eigenvalue weighted by Gasteiger charge is 2.12. The van der Waals surface area contributed by atoms with E-state index in [0.29, 0.717) is 0 Å². The minimum absolute atomic E-state index is 0.00898. The van der Waals surface area contributed by atoms with Crippen molar-refractivity contribution >= 4 is 29.1 Å². The molecule has 1 amide bonds. The van der Waals surface area contributed by atoms with Crippen LogP contribution in [0.5, 0.6) is 5.75 Å². The van der Waals surface area contributed by atoms with E-state index in [0.717, 1.165) is 0 Å². The van der Waals surface area contributed by atoms with Crippen LogP contribution in [0.1, 0.15) is 17.3 Å².